The Morgan fingerprint density at radius 3 is 2.39 bits per heavy atom. The summed E-state index contributed by atoms with van der Waals surface area (Å²) in [6, 6.07) is 0. The molecule has 18 heavy (non-hydrogen) atoms. The molecule has 0 atom stereocenters. The van der Waals surface area contributed by atoms with Crippen molar-refractivity contribution in [1.29, 1.82) is 0 Å². The SMILES string of the molecule is CC(=O)CCn1cnc2c(Br)c(Br)c(Br)c(Br)c21. The van der Waals surface area contributed by atoms with E-state index >= 15 is 0 Å². The van der Waals surface area contributed by atoms with Crippen molar-refractivity contribution in [3.8, 4) is 0 Å². The lowest BCUT2D eigenvalue weighted by Crippen LogP contribution is -2.01. The van der Waals surface area contributed by atoms with Crippen molar-refractivity contribution in [2.24, 2.45) is 0 Å². The first-order valence-corrected chi connectivity index (χ1v) is 8.27. The summed E-state index contributed by atoms with van der Waals surface area (Å²) in [6.45, 7) is 2.22. The average molecular weight is 504 g/mol. The Balaban J connectivity index is 2.62. The molecule has 0 radical (unpaired) electrons. The van der Waals surface area contributed by atoms with E-state index < -0.39 is 0 Å². The molecule has 2 rings (SSSR count). The second-order valence-electron chi connectivity index (χ2n) is 3.84. The number of aromatic nitrogens is 2. The van der Waals surface area contributed by atoms with Gasteiger partial charge in [0.2, 0.25) is 0 Å². The minimum absolute atomic E-state index is 0.170. The van der Waals surface area contributed by atoms with Crippen molar-refractivity contribution < 1.29 is 4.79 Å². The average Bonchev–Trinajstić information content (AvgIpc) is 2.75. The third-order valence-electron chi connectivity index (χ3n) is 2.54. The Hall–Kier alpha value is 0.280. The van der Waals surface area contributed by atoms with E-state index in [0.29, 0.717) is 13.0 Å². The van der Waals surface area contributed by atoms with E-state index in [9.17, 15) is 4.79 Å². The number of benzene rings is 1. The van der Waals surface area contributed by atoms with E-state index in [4.69, 9.17) is 0 Å². The van der Waals surface area contributed by atoms with Gasteiger partial charge in [0.1, 0.15) is 11.3 Å². The maximum absolute atomic E-state index is 11.1. The van der Waals surface area contributed by atoms with Gasteiger partial charge in [0.05, 0.1) is 20.8 Å². The second kappa shape index (κ2) is 5.73. The number of Topliss-reactive ketones (excluding diaryl/α,β-unsaturated/α-hetero) is 1. The molecule has 1 aromatic carbocycles. The van der Waals surface area contributed by atoms with Crippen molar-refractivity contribution >= 4 is 80.5 Å². The van der Waals surface area contributed by atoms with Crippen molar-refractivity contribution in [3.05, 3.63) is 24.2 Å². The van der Waals surface area contributed by atoms with Crippen molar-refractivity contribution in [1.82, 2.24) is 9.55 Å². The number of carbonyl (C=O) groups excluding carboxylic acids is 1. The van der Waals surface area contributed by atoms with Crippen LogP contribution in [-0.2, 0) is 11.3 Å². The van der Waals surface area contributed by atoms with Crippen LogP contribution in [0.1, 0.15) is 13.3 Å². The van der Waals surface area contributed by atoms with Gasteiger partial charge in [0.15, 0.2) is 0 Å². The molecule has 0 N–H and O–H groups in total. The molecule has 0 aliphatic carbocycles. The first kappa shape index (κ1) is 14.7. The number of ketones is 1. The second-order valence-corrected chi connectivity index (χ2v) is 7.02. The molecule has 0 amide bonds. The Labute approximate surface area is 138 Å². The number of hydrogen-bond acceptors (Lipinski definition) is 2. The lowest BCUT2D eigenvalue weighted by atomic mass is 10.3. The molecule has 0 saturated carbocycles. The van der Waals surface area contributed by atoms with Gasteiger partial charge in [-0.1, -0.05) is 0 Å². The third-order valence-corrected chi connectivity index (χ3v) is 7.26. The molecule has 96 valence electrons. The van der Waals surface area contributed by atoms with Crippen molar-refractivity contribution in [2.45, 2.75) is 19.9 Å². The number of carbonyl (C=O) groups is 1. The van der Waals surface area contributed by atoms with E-state index in [0.717, 1.165) is 28.9 Å². The monoisotopic (exact) mass is 500 g/mol. The molecule has 0 saturated heterocycles. The summed E-state index contributed by atoms with van der Waals surface area (Å²) in [5.41, 5.74) is 1.83. The van der Waals surface area contributed by atoms with Crippen LogP contribution in [0.5, 0.6) is 0 Å². The van der Waals surface area contributed by atoms with Crippen LogP contribution in [0, 0.1) is 0 Å². The van der Waals surface area contributed by atoms with Gasteiger partial charge >= 0.3 is 0 Å². The summed E-state index contributed by atoms with van der Waals surface area (Å²) < 4.78 is 5.64. The van der Waals surface area contributed by atoms with E-state index in [1.165, 1.54) is 0 Å². The molecule has 0 unspecified atom stereocenters. The van der Waals surface area contributed by atoms with E-state index in [1.807, 2.05) is 4.57 Å². The quantitative estimate of drug-likeness (QED) is 0.433. The molecule has 0 bridgehead atoms. The summed E-state index contributed by atoms with van der Waals surface area (Å²) in [5.74, 6) is 0.170. The number of imidazole rings is 1. The van der Waals surface area contributed by atoms with Crippen LogP contribution in [0.3, 0.4) is 0 Å². The number of rotatable bonds is 3. The highest BCUT2D eigenvalue weighted by molar-refractivity contribution is 9.15. The first-order valence-electron chi connectivity index (χ1n) is 5.09. The highest BCUT2D eigenvalue weighted by Crippen LogP contribution is 2.42. The smallest absolute Gasteiger partial charge is 0.131 e. The molecule has 1 aromatic heterocycles. The van der Waals surface area contributed by atoms with Gasteiger partial charge < -0.3 is 4.57 Å². The van der Waals surface area contributed by atoms with E-state index in [2.05, 4.69) is 68.7 Å². The zero-order chi connectivity index (χ0) is 13.4. The number of nitrogens with zero attached hydrogens (tertiary/aromatic N) is 2. The van der Waals surface area contributed by atoms with Crippen LogP contribution in [-0.4, -0.2) is 15.3 Å². The molecule has 0 fully saturated rings. The lowest BCUT2D eigenvalue weighted by Gasteiger charge is -2.08. The topological polar surface area (TPSA) is 34.9 Å². The Kier molecular flexibility index (Phi) is 4.67. The number of halogens is 4. The van der Waals surface area contributed by atoms with Crippen molar-refractivity contribution in [3.63, 3.8) is 0 Å². The first-order chi connectivity index (χ1) is 8.43. The van der Waals surface area contributed by atoms with Crippen LogP contribution in [0.4, 0.5) is 0 Å². The van der Waals surface area contributed by atoms with Gasteiger partial charge in [-0.3, -0.25) is 4.79 Å². The highest BCUT2D eigenvalue weighted by atomic mass is 79.9. The molecule has 1 heterocycles. The minimum Gasteiger partial charge on any atom is -0.329 e. The fraction of sp³-hybridized carbons (Fsp3) is 0.273. The van der Waals surface area contributed by atoms with Gasteiger partial charge in [0.25, 0.3) is 0 Å². The molecule has 7 heteroatoms. The van der Waals surface area contributed by atoms with Crippen molar-refractivity contribution in [2.75, 3.05) is 0 Å². The van der Waals surface area contributed by atoms with E-state index in [1.54, 1.807) is 13.3 Å². The fourth-order valence-electron chi connectivity index (χ4n) is 1.62. The normalized spacial score (nSPS) is 11.2. The molecule has 2 aromatic rings. The lowest BCUT2D eigenvalue weighted by molar-refractivity contribution is -0.117. The Morgan fingerprint density at radius 2 is 1.78 bits per heavy atom. The van der Waals surface area contributed by atoms with E-state index in [-0.39, 0.29) is 5.78 Å². The molecule has 0 aliphatic rings. The van der Waals surface area contributed by atoms with Crippen LogP contribution >= 0.6 is 63.7 Å². The zero-order valence-electron chi connectivity index (χ0n) is 9.31. The van der Waals surface area contributed by atoms with Gasteiger partial charge in [-0.15, -0.1) is 0 Å². The van der Waals surface area contributed by atoms with Crippen LogP contribution in [0.2, 0.25) is 0 Å². The van der Waals surface area contributed by atoms with Gasteiger partial charge in [0, 0.05) is 21.9 Å². The largest absolute Gasteiger partial charge is 0.329 e. The molecule has 0 aliphatic heterocycles. The minimum atomic E-state index is 0.170. The van der Waals surface area contributed by atoms with Crippen LogP contribution in [0.25, 0.3) is 11.0 Å². The summed E-state index contributed by atoms with van der Waals surface area (Å²) in [6.07, 6.45) is 2.26. The summed E-state index contributed by atoms with van der Waals surface area (Å²) in [7, 11) is 0. The molecular formula is C11H8Br4N2O. The number of hydrogen-bond donors (Lipinski definition) is 0. The van der Waals surface area contributed by atoms with Gasteiger partial charge in [-0.2, -0.15) is 0 Å². The van der Waals surface area contributed by atoms with Crippen LogP contribution < -0.4 is 0 Å². The predicted molar refractivity (Wildman–Crippen MR) is 85.8 cm³/mol. The fourth-order valence-corrected chi connectivity index (χ4v) is 4.03. The zero-order valence-corrected chi connectivity index (χ0v) is 15.7. The highest BCUT2D eigenvalue weighted by Gasteiger charge is 2.17. The van der Waals surface area contributed by atoms with Crippen LogP contribution in [0.15, 0.2) is 24.2 Å². The molecule has 0 spiro atoms. The summed E-state index contributed by atoms with van der Waals surface area (Å²) in [5, 5.41) is 0. The van der Waals surface area contributed by atoms with Gasteiger partial charge in [-0.05, 0) is 70.6 Å². The summed E-state index contributed by atoms with van der Waals surface area (Å²) >= 11 is 14.1. The molecular weight excluding hydrogens is 496 g/mol. The van der Waals surface area contributed by atoms with Gasteiger partial charge in [-0.25, -0.2) is 4.98 Å². The predicted octanol–water partition coefficient (Wildman–Crippen LogP) is 5.07. The Morgan fingerprint density at radius 1 is 1.17 bits per heavy atom. The molecule has 3 nitrogen and oxygen atoms in total. The maximum atomic E-state index is 11.1. The standard InChI is InChI=1S/C11H8Br4N2O/c1-5(18)2-3-17-4-16-10-8(14)6(12)7(13)9(15)11(10)17/h4H,2-3H2,1H3. The Bertz CT molecular complexity index is 636. The number of fused-ring (bicyclic) bond motifs is 1. The third kappa shape index (κ3) is 2.59. The number of aryl methyl sites for hydroxylation is 1. The maximum Gasteiger partial charge on any atom is 0.131 e. The summed E-state index contributed by atoms with van der Waals surface area (Å²) in [4.78, 5) is 15.5.